The number of carbonyl (C=O) groups excluding carboxylic acids is 1. The summed E-state index contributed by atoms with van der Waals surface area (Å²) in [5.74, 6) is -0.460. The third kappa shape index (κ3) is 5.83. The molecule has 33 heavy (non-hydrogen) atoms. The SMILES string of the molecule is NC(=NCc1ccccn1)c1ccc(C(=O)Nc2ccc3c(c2)CC(CC(=O)O)CC3)cc1. The van der Waals surface area contributed by atoms with E-state index in [0.717, 1.165) is 36.1 Å². The summed E-state index contributed by atoms with van der Waals surface area (Å²) in [5.41, 5.74) is 11.2. The molecule has 1 atom stereocenters. The predicted molar refractivity (Wildman–Crippen MR) is 127 cm³/mol. The summed E-state index contributed by atoms with van der Waals surface area (Å²) in [5, 5.41) is 12.0. The highest BCUT2D eigenvalue weighted by Gasteiger charge is 2.21. The fourth-order valence-electron chi connectivity index (χ4n) is 4.08. The van der Waals surface area contributed by atoms with Crippen LogP contribution in [0.4, 0.5) is 5.69 Å². The molecule has 1 heterocycles. The van der Waals surface area contributed by atoms with Crippen LogP contribution in [0.2, 0.25) is 0 Å². The number of amides is 1. The lowest BCUT2D eigenvalue weighted by molar-refractivity contribution is -0.138. The number of pyridine rings is 1. The Labute approximate surface area is 192 Å². The van der Waals surface area contributed by atoms with E-state index in [1.165, 1.54) is 5.56 Å². The Kier molecular flexibility index (Phi) is 6.78. The molecule has 0 aliphatic heterocycles. The maximum absolute atomic E-state index is 12.7. The van der Waals surface area contributed by atoms with Crippen LogP contribution >= 0.6 is 0 Å². The highest BCUT2D eigenvalue weighted by atomic mass is 16.4. The Morgan fingerprint density at radius 1 is 1.06 bits per heavy atom. The third-order valence-electron chi connectivity index (χ3n) is 5.84. The molecule has 2 aromatic carbocycles. The minimum absolute atomic E-state index is 0.137. The van der Waals surface area contributed by atoms with Gasteiger partial charge in [0.15, 0.2) is 0 Å². The van der Waals surface area contributed by atoms with Crippen LogP contribution in [-0.4, -0.2) is 27.8 Å². The van der Waals surface area contributed by atoms with Crippen molar-refractivity contribution in [1.29, 1.82) is 0 Å². The van der Waals surface area contributed by atoms with E-state index in [1.807, 2.05) is 36.4 Å². The number of aliphatic carboxylic acids is 1. The molecule has 1 aromatic heterocycles. The summed E-state index contributed by atoms with van der Waals surface area (Å²) in [6.07, 6.45) is 4.36. The van der Waals surface area contributed by atoms with Gasteiger partial charge in [-0.25, -0.2) is 0 Å². The van der Waals surface area contributed by atoms with Crippen molar-refractivity contribution in [3.63, 3.8) is 0 Å². The number of nitrogens with one attached hydrogen (secondary N) is 1. The van der Waals surface area contributed by atoms with E-state index >= 15 is 0 Å². The number of hydrogen-bond acceptors (Lipinski definition) is 4. The van der Waals surface area contributed by atoms with E-state index in [1.54, 1.807) is 30.5 Å². The normalized spacial score (nSPS) is 15.5. The summed E-state index contributed by atoms with van der Waals surface area (Å²) in [4.78, 5) is 32.4. The van der Waals surface area contributed by atoms with Crippen LogP contribution < -0.4 is 11.1 Å². The van der Waals surface area contributed by atoms with Gasteiger partial charge in [-0.3, -0.25) is 19.6 Å². The molecular formula is C26H26N4O3. The van der Waals surface area contributed by atoms with Crippen LogP contribution in [0.3, 0.4) is 0 Å². The van der Waals surface area contributed by atoms with Crippen LogP contribution in [-0.2, 0) is 24.2 Å². The van der Waals surface area contributed by atoms with Crippen molar-refractivity contribution in [2.75, 3.05) is 5.32 Å². The van der Waals surface area contributed by atoms with E-state index in [-0.39, 0.29) is 18.2 Å². The summed E-state index contributed by atoms with van der Waals surface area (Å²) in [6, 6.07) is 18.5. The number of aliphatic imine (C=N–C) groups is 1. The number of carbonyl (C=O) groups is 2. The largest absolute Gasteiger partial charge is 0.481 e. The lowest BCUT2D eigenvalue weighted by Crippen LogP contribution is -2.18. The molecule has 3 aromatic rings. The Morgan fingerprint density at radius 3 is 2.58 bits per heavy atom. The fourth-order valence-corrected chi connectivity index (χ4v) is 4.08. The number of nitrogens with two attached hydrogens (primary N) is 1. The van der Waals surface area contributed by atoms with E-state index < -0.39 is 5.97 Å². The third-order valence-corrected chi connectivity index (χ3v) is 5.84. The van der Waals surface area contributed by atoms with Crippen molar-refractivity contribution in [2.24, 2.45) is 16.6 Å². The Bertz CT molecular complexity index is 1170. The molecule has 1 unspecified atom stereocenters. The first-order valence-electron chi connectivity index (χ1n) is 10.9. The van der Waals surface area contributed by atoms with Gasteiger partial charge in [0.25, 0.3) is 5.91 Å². The maximum Gasteiger partial charge on any atom is 0.303 e. The summed E-state index contributed by atoms with van der Waals surface area (Å²) >= 11 is 0. The molecule has 7 nitrogen and oxygen atoms in total. The van der Waals surface area contributed by atoms with Crippen molar-refractivity contribution in [3.8, 4) is 0 Å². The molecule has 0 radical (unpaired) electrons. The number of fused-ring (bicyclic) bond motifs is 1. The molecule has 1 aliphatic carbocycles. The minimum atomic E-state index is -0.765. The molecule has 1 aliphatic rings. The van der Waals surface area contributed by atoms with Crippen LogP contribution in [0.25, 0.3) is 0 Å². The Hall–Kier alpha value is -4.00. The summed E-state index contributed by atoms with van der Waals surface area (Å²) in [7, 11) is 0. The zero-order valence-electron chi connectivity index (χ0n) is 18.2. The topological polar surface area (TPSA) is 118 Å². The number of hydrogen-bond donors (Lipinski definition) is 3. The smallest absolute Gasteiger partial charge is 0.303 e. The number of carboxylic acids is 1. The number of benzene rings is 2. The second-order valence-electron chi connectivity index (χ2n) is 8.24. The number of aryl methyl sites for hydroxylation is 1. The number of aromatic nitrogens is 1. The molecular weight excluding hydrogens is 416 g/mol. The van der Waals surface area contributed by atoms with Crippen LogP contribution in [0, 0.1) is 5.92 Å². The van der Waals surface area contributed by atoms with E-state index in [9.17, 15) is 9.59 Å². The van der Waals surface area contributed by atoms with Gasteiger partial charge in [-0.05, 0) is 72.7 Å². The Morgan fingerprint density at radius 2 is 1.85 bits per heavy atom. The van der Waals surface area contributed by atoms with Gasteiger partial charge in [0.1, 0.15) is 5.84 Å². The van der Waals surface area contributed by atoms with Gasteiger partial charge in [-0.15, -0.1) is 0 Å². The van der Waals surface area contributed by atoms with Gasteiger partial charge >= 0.3 is 5.97 Å². The van der Waals surface area contributed by atoms with E-state index in [4.69, 9.17) is 10.8 Å². The van der Waals surface area contributed by atoms with E-state index in [0.29, 0.717) is 23.6 Å². The van der Waals surface area contributed by atoms with Crippen molar-refractivity contribution in [2.45, 2.75) is 32.2 Å². The van der Waals surface area contributed by atoms with Crippen molar-refractivity contribution in [3.05, 3.63) is 94.8 Å². The van der Waals surface area contributed by atoms with Gasteiger partial charge in [-0.1, -0.05) is 24.3 Å². The van der Waals surface area contributed by atoms with Crippen molar-refractivity contribution >= 4 is 23.4 Å². The number of nitrogens with zero attached hydrogens (tertiary/aromatic N) is 2. The van der Waals surface area contributed by atoms with Crippen molar-refractivity contribution in [1.82, 2.24) is 4.98 Å². The monoisotopic (exact) mass is 442 g/mol. The number of anilines is 1. The van der Waals surface area contributed by atoms with Gasteiger partial charge in [0, 0.05) is 29.4 Å². The highest BCUT2D eigenvalue weighted by Crippen LogP contribution is 2.29. The lowest BCUT2D eigenvalue weighted by Gasteiger charge is -2.24. The number of amidine groups is 1. The van der Waals surface area contributed by atoms with Gasteiger partial charge in [0.2, 0.25) is 0 Å². The first kappa shape index (κ1) is 22.2. The molecule has 0 saturated carbocycles. The standard InChI is InChI=1S/C26H26N4O3/c27-25(29-16-23-3-1-2-12-28-23)19-6-8-20(9-7-19)26(33)30-22-11-10-18-5-4-17(14-24(31)32)13-21(18)15-22/h1-3,6-12,15,17H,4-5,13-14,16H2,(H2,27,29)(H,30,33)(H,31,32). The molecule has 0 spiro atoms. The zero-order valence-corrected chi connectivity index (χ0v) is 18.2. The van der Waals surface area contributed by atoms with Crippen LogP contribution in [0.15, 0.2) is 71.9 Å². The highest BCUT2D eigenvalue weighted by molar-refractivity contribution is 6.05. The molecule has 4 N–H and O–H groups in total. The number of carboxylic acid groups (broad SMARTS) is 1. The second-order valence-corrected chi connectivity index (χ2v) is 8.24. The zero-order chi connectivity index (χ0) is 23.2. The lowest BCUT2D eigenvalue weighted by atomic mass is 9.82. The van der Waals surface area contributed by atoms with Crippen molar-refractivity contribution < 1.29 is 14.7 Å². The Balaban J connectivity index is 1.39. The minimum Gasteiger partial charge on any atom is -0.481 e. The maximum atomic E-state index is 12.7. The molecule has 168 valence electrons. The summed E-state index contributed by atoms with van der Waals surface area (Å²) in [6.45, 7) is 0.389. The van der Waals surface area contributed by atoms with Crippen LogP contribution in [0.1, 0.15) is 45.6 Å². The average molecular weight is 443 g/mol. The molecule has 0 fully saturated rings. The first-order chi connectivity index (χ1) is 16.0. The molecule has 7 heteroatoms. The molecule has 0 bridgehead atoms. The first-order valence-corrected chi connectivity index (χ1v) is 10.9. The van der Waals surface area contributed by atoms with Crippen LogP contribution in [0.5, 0.6) is 0 Å². The van der Waals surface area contributed by atoms with E-state index in [2.05, 4.69) is 15.3 Å². The quantitative estimate of drug-likeness (QED) is 0.380. The van der Waals surface area contributed by atoms with Gasteiger partial charge in [0.05, 0.1) is 12.2 Å². The number of rotatable bonds is 7. The average Bonchev–Trinajstić information content (AvgIpc) is 2.82. The van der Waals surface area contributed by atoms with Gasteiger partial charge in [-0.2, -0.15) is 0 Å². The van der Waals surface area contributed by atoms with Gasteiger partial charge < -0.3 is 16.2 Å². The predicted octanol–water partition coefficient (Wildman–Crippen LogP) is 3.82. The fraction of sp³-hybridized carbons (Fsp3) is 0.231. The molecule has 4 rings (SSSR count). The summed E-state index contributed by atoms with van der Waals surface area (Å²) < 4.78 is 0. The molecule has 0 saturated heterocycles. The molecule has 1 amide bonds. The second kappa shape index (κ2) is 10.1.